The summed E-state index contributed by atoms with van der Waals surface area (Å²) in [6, 6.07) is 40.2. The smallest absolute Gasteiger partial charge is 0.198 e. The Hall–Kier alpha value is -4.67. The fourth-order valence-electron chi connectivity index (χ4n) is 5.91. The first-order valence-corrected chi connectivity index (χ1v) is 15.7. The minimum absolute atomic E-state index is 0.0371. The Kier molecular flexibility index (Phi) is 9.49. The number of hydrogen-bond acceptors (Lipinski definition) is 4. The van der Waals surface area contributed by atoms with Gasteiger partial charge in [0.2, 0.25) is 0 Å². The van der Waals surface area contributed by atoms with Gasteiger partial charge in [0, 0.05) is 23.1 Å². The van der Waals surface area contributed by atoms with E-state index in [4.69, 9.17) is 9.15 Å². The van der Waals surface area contributed by atoms with Gasteiger partial charge in [0.15, 0.2) is 5.78 Å². The van der Waals surface area contributed by atoms with E-state index >= 15 is 0 Å². The largest absolute Gasteiger partial charge is 0.494 e. The lowest BCUT2D eigenvalue weighted by Gasteiger charge is -2.16. The van der Waals surface area contributed by atoms with Crippen LogP contribution in [0.3, 0.4) is 0 Å². The fourth-order valence-corrected chi connectivity index (χ4v) is 5.91. The molecule has 0 aliphatic carbocycles. The standard InChI is InChI=1S/C40H39NO3/c1-41(29-30-15-6-5-7-16-30)27-12-3-2-4-13-28-43-33-25-23-32(24-26-33)40-38(36-20-10-11-22-37(36)44-40)39(42)35-21-14-18-31-17-8-9-19-34(31)35/h5-11,14-26H,2-4,12-13,27-29H2,1H3. The number of fused-ring (bicyclic) bond motifs is 2. The van der Waals surface area contributed by atoms with E-state index in [0.29, 0.717) is 29.1 Å². The van der Waals surface area contributed by atoms with Gasteiger partial charge in [-0.15, -0.1) is 0 Å². The highest BCUT2D eigenvalue weighted by atomic mass is 16.5. The lowest BCUT2D eigenvalue weighted by molar-refractivity contribution is 0.104. The van der Waals surface area contributed by atoms with Crippen LogP contribution in [0.5, 0.6) is 5.75 Å². The first kappa shape index (κ1) is 29.4. The molecule has 0 bridgehead atoms. The molecule has 0 aliphatic heterocycles. The third-order valence-corrected chi connectivity index (χ3v) is 8.22. The number of benzene rings is 5. The summed E-state index contributed by atoms with van der Waals surface area (Å²) in [6.45, 7) is 2.83. The zero-order chi connectivity index (χ0) is 30.1. The molecule has 44 heavy (non-hydrogen) atoms. The van der Waals surface area contributed by atoms with Crippen LogP contribution < -0.4 is 4.74 Å². The van der Waals surface area contributed by atoms with E-state index in [2.05, 4.69) is 42.3 Å². The highest BCUT2D eigenvalue weighted by Gasteiger charge is 2.24. The maximum Gasteiger partial charge on any atom is 0.198 e. The topological polar surface area (TPSA) is 42.7 Å². The molecule has 0 fully saturated rings. The van der Waals surface area contributed by atoms with Crippen molar-refractivity contribution in [3.63, 3.8) is 0 Å². The molecule has 1 heterocycles. The van der Waals surface area contributed by atoms with Crippen molar-refractivity contribution in [3.8, 4) is 17.1 Å². The summed E-state index contributed by atoms with van der Waals surface area (Å²) in [5, 5.41) is 2.81. The second kappa shape index (κ2) is 14.2. The molecule has 6 rings (SSSR count). The molecular formula is C40H39NO3. The first-order valence-electron chi connectivity index (χ1n) is 15.7. The second-order valence-corrected chi connectivity index (χ2v) is 11.5. The minimum Gasteiger partial charge on any atom is -0.494 e. The Labute approximate surface area is 259 Å². The van der Waals surface area contributed by atoms with E-state index in [1.807, 2.05) is 91.0 Å². The molecule has 4 nitrogen and oxygen atoms in total. The van der Waals surface area contributed by atoms with Gasteiger partial charge in [0.25, 0.3) is 0 Å². The summed E-state index contributed by atoms with van der Waals surface area (Å²) >= 11 is 0. The van der Waals surface area contributed by atoms with Crippen LogP contribution >= 0.6 is 0 Å². The first-order chi connectivity index (χ1) is 21.7. The Bertz CT molecular complexity index is 1820. The number of carbonyl (C=O) groups excluding carboxylic acids is 1. The van der Waals surface area contributed by atoms with Crippen molar-refractivity contribution in [1.29, 1.82) is 0 Å². The normalized spacial score (nSPS) is 11.4. The minimum atomic E-state index is -0.0371. The Morgan fingerprint density at radius 1 is 0.682 bits per heavy atom. The highest BCUT2D eigenvalue weighted by molar-refractivity contribution is 6.23. The van der Waals surface area contributed by atoms with Gasteiger partial charge < -0.3 is 14.1 Å². The average molecular weight is 582 g/mol. The van der Waals surface area contributed by atoms with E-state index in [1.165, 1.54) is 31.2 Å². The van der Waals surface area contributed by atoms with Crippen LogP contribution in [0.2, 0.25) is 0 Å². The van der Waals surface area contributed by atoms with Crippen molar-refractivity contribution in [2.24, 2.45) is 0 Å². The van der Waals surface area contributed by atoms with Crippen LogP contribution in [0.15, 0.2) is 126 Å². The monoisotopic (exact) mass is 581 g/mol. The van der Waals surface area contributed by atoms with Crippen molar-refractivity contribution in [2.75, 3.05) is 20.2 Å². The van der Waals surface area contributed by atoms with Crippen LogP contribution in [0.4, 0.5) is 0 Å². The van der Waals surface area contributed by atoms with Gasteiger partial charge in [-0.1, -0.05) is 110 Å². The van der Waals surface area contributed by atoms with Crippen LogP contribution in [-0.2, 0) is 6.54 Å². The molecule has 0 radical (unpaired) electrons. The predicted octanol–water partition coefficient (Wildman–Crippen LogP) is 9.95. The molecule has 0 spiro atoms. The number of nitrogens with zero attached hydrogens (tertiary/aromatic N) is 1. The third kappa shape index (κ3) is 6.93. The molecule has 0 unspecified atom stereocenters. The van der Waals surface area contributed by atoms with Gasteiger partial charge in [0.1, 0.15) is 17.1 Å². The van der Waals surface area contributed by atoms with Gasteiger partial charge >= 0.3 is 0 Å². The molecule has 0 N–H and O–H groups in total. The molecule has 4 heteroatoms. The Morgan fingerprint density at radius 3 is 2.20 bits per heavy atom. The van der Waals surface area contributed by atoms with E-state index in [0.717, 1.165) is 47.0 Å². The molecule has 1 aromatic heterocycles. The lowest BCUT2D eigenvalue weighted by atomic mass is 9.94. The highest BCUT2D eigenvalue weighted by Crippen LogP contribution is 2.37. The molecule has 0 amide bonds. The van der Waals surface area contributed by atoms with Crippen molar-refractivity contribution >= 4 is 27.5 Å². The molecular weight excluding hydrogens is 542 g/mol. The van der Waals surface area contributed by atoms with E-state index in [9.17, 15) is 4.79 Å². The molecule has 222 valence electrons. The summed E-state index contributed by atoms with van der Waals surface area (Å²) < 4.78 is 12.4. The zero-order valence-corrected chi connectivity index (χ0v) is 25.4. The molecule has 0 saturated carbocycles. The van der Waals surface area contributed by atoms with Crippen LogP contribution in [-0.4, -0.2) is 30.9 Å². The van der Waals surface area contributed by atoms with Crippen LogP contribution in [0, 0.1) is 0 Å². The fraction of sp³-hybridized carbons (Fsp3) is 0.225. The maximum absolute atomic E-state index is 14.1. The Morgan fingerprint density at radius 2 is 1.36 bits per heavy atom. The number of rotatable bonds is 14. The number of ether oxygens (including phenoxy) is 1. The van der Waals surface area contributed by atoms with Gasteiger partial charge in [0.05, 0.1) is 12.2 Å². The molecule has 0 saturated heterocycles. The van der Waals surface area contributed by atoms with Crippen molar-refractivity contribution in [3.05, 3.63) is 138 Å². The van der Waals surface area contributed by atoms with Crippen LogP contribution in [0.25, 0.3) is 33.1 Å². The molecule has 0 aliphatic rings. The summed E-state index contributed by atoms with van der Waals surface area (Å²) in [6.07, 6.45) is 5.89. The van der Waals surface area contributed by atoms with Gasteiger partial charge in [-0.05, 0) is 73.1 Å². The van der Waals surface area contributed by atoms with Crippen LogP contribution in [0.1, 0.15) is 53.6 Å². The van der Waals surface area contributed by atoms with Gasteiger partial charge in [-0.3, -0.25) is 4.79 Å². The van der Waals surface area contributed by atoms with Gasteiger partial charge in [-0.25, -0.2) is 0 Å². The molecule has 5 aromatic carbocycles. The van der Waals surface area contributed by atoms with E-state index < -0.39 is 0 Å². The number of ketones is 1. The van der Waals surface area contributed by atoms with E-state index in [1.54, 1.807) is 0 Å². The van der Waals surface area contributed by atoms with Crippen molar-refractivity contribution in [2.45, 2.75) is 38.6 Å². The maximum atomic E-state index is 14.1. The number of hydrogen-bond donors (Lipinski definition) is 0. The summed E-state index contributed by atoms with van der Waals surface area (Å²) in [5.74, 6) is 1.38. The molecule has 6 aromatic rings. The van der Waals surface area contributed by atoms with Crippen molar-refractivity contribution < 1.29 is 13.9 Å². The predicted molar refractivity (Wildman–Crippen MR) is 180 cm³/mol. The SMILES string of the molecule is CN(CCCCCCCOc1ccc(-c2oc3ccccc3c2C(=O)c2cccc3ccccc23)cc1)Cc1ccccc1. The number of furan rings is 1. The zero-order valence-electron chi connectivity index (χ0n) is 25.4. The average Bonchev–Trinajstić information content (AvgIpc) is 3.46. The Balaban J connectivity index is 1.04. The van der Waals surface area contributed by atoms with Gasteiger partial charge in [-0.2, -0.15) is 0 Å². The van der Waals surface area contributed by atoms with E-state index in [-0.39, 0.29) is 5.78 Å². The summed E-state index contributed by atoms with van der Waals surface area (Å²) in [4.78, 5) is 16.5. The molecule has 0 atom stereocenters. The second-order valence-electron chi connectivity index (χ2n) is 11.5. The quantitative estimate of drug-likeness (QED) is 0.0948. The number of unbranched alkanes of at least 4 members (excludes halogenated alkanes) is 4. The number of para-hydroxylation sites is 1. The van der Waals surface area contributed by atoms with Crippen molar-refractivity contribution in [1.82, 2.24) is 4.90 Å². The summed E-state index contributed by atoms with van der Waals surface area (Å²) in [5.41, 5.74) is 4.20. The lowest BCUT2D eigenvalue weighted by Crippen LogP contribution is -2.18. The number of carbonyl (C=O) groups is 1. The summed E-state index contributed by atoms with van der Waals surface area (Å²) in [7, 11) is 2.20. The third-order valence-electron chi connectivity index (χ3n) is 8.22.